The van der Waals surface area contributed by atoms with Crippen molar-refractivity contribution in [1.29, 1.82) is 0 Å². The number of hydrogen-bond acceptors (Lipinski definition) is 6. The van der Waals surface area contributed by atoms with Gasteiger partial charge in [-0.3, -0.25) is 4.79 Å². The molecule has 0 spiro atoms. The van der Waals surface area contributed by atoms with Gasteiger partial charge in [0.2, 0.25) is 0 Å². The van der Waals surface area contributed by atoms with Crippen molar-refractivity contribution < 1.29 is 24.1 Å². The Hall–Kier alpha value is -3.88. The fraction of sp³-hybridized carbons (Fsp3) is 0.323. The van der Waals surface area contributed by atoms with Crippen LogP contribution in [0.5, 0.6) is 0 Å². The number of aromatic nitrogens is 3. The van der Waals surface area contributed by atoms with E-state index in [0.717, 1.165) is 57.5 Å². The lowest BCUT2D eigenvalue weighted by atomic mass is 9.91. The van der Waals surface area contributed by atoms with Crippen molar-refractivity contribution in [2.75, 3.05) is 6.61 Å². The van der Waals surface area contributed by atoms with Gasteiger partial charge in [-0.1, -0.05) is 54.6 Å². The van der Waals surface area contributed by atoms with E-state index in [2.05, 4.69) is 0 Å². The van der Waals surface area contributed by atoms with Gasteiger partial charge in [-0.2, -0.15) is 5.10 Å². The molecule has 1 aliphatic rings. The van der Waals surface area contributed by atoms with Gasteiger partial charge in [-0.05, 0) is 37.5 Å². The smallest absolute Gasteiger partial charge is 0.308 e. The zero-order valence-electron chi connectivity index (χ0n) is 22.0. The normalized spacial score (nSPS) is 15.1. The third-order valence-corrected chi connectivity index (χ3v) is 6.89. The number of carbonyl (C=O) groups excluding carboxylic acids is 1. The topological polar surface area (TPSA) is 97.5 Å². The molecule has 8 heteroatoms. The zero-order chi connectivity index (χ0) is 27.5. The summed E-state index contributed by atoms with van der Waals surface area (Å²) in [4.78, 5) is 16.8. The van der Waals surface area contributed by atoms with Gasteiger partial charge in [0.05, 0.1) is 36.3 Å². The average molecular weight is 530 g/mol. The quantitative estimate of drug-likeness (QED) is 0.267. The van der Waals surface area contributed by atoms with E-state index in [4.69, 9.17) is 14.8 Å². The summed E-state index contributed by atoms with van der Waals surface area (Å²) in [6.45, 7) is 1.94. The van der Waals surface area contributed by atoms with E-state index in [9.17, 15) is 19.4 Å². The summed E-state index contributed by atoms with van der Waals surface area (Å²) in [6, 6.07) is 16.2. The van der Waals surface area contributed by atoms with Gasteiger partial charge in [0.15, 0.2) is 5.65 Å². The summed E-state index contributed by atoms with van der Waals surface area (Å²) in [5.41, 5.74) is 5.85. The van der Waals surface area contributed by atoms with Crippen LogP contribution in [0.3, 0.4) is 0 Å². The molecule has 0 bridgehead atoms. The molecule has 0 radical (unpaired) electrons. The number of aliphatic hydroxyl groups is 2. The van der Waals surface area contributed by atoms with Crippen molar-refractivity contribution in [2.45, 2.75) is 50.7 Å². The van der Waals surface area contributed by atoms with E-state index in [0.29, 0.717) is 0 Å². The van der Waals surface area contributed by atoms with E-state index in [1.54, 1.807) is 29.8 Å². The number of rotatable bonds is 10. The lowest BCUT2D eigenvalue weighted by Crippen LogP contribution is -2.20. The first kappa shape index (κ1) is 26.7. The van der Waals surface area contributed by atoms with Crippen molar-refractivity contribution in [3.63, 3.8) is 0 Å². The van der Waals surface area contributed by atoms with Crippen molar-refractivity contribution in [1.82, 2.24) is 14.8 Å². The summed E-state index contributed by atoms with van der Waals surface area (Å²) in [5.74, 6) is -0.561. The van der Waals surface area contributed by atoms with Gasteiger partial charge in [0, 0.05) is 36.1 Å². The number of ether oxygens (including phenoxy) is 1. The second-order valence-corrected chi connectivity index (χ2v) is 9.93. The lowest BCUT2D eigenvalue weighted by molar-refractivity contribution is -0.145. The second-order valence-electron chi connectivity index (χ2n) is 9.93. The van der Waals surface area contributed by atoms with Crippen molar-refractivity contribution in [2.24, 2.45) is 7.05 Å². The maximum atomic E-state index is 14.0. The summed E-state index contributed by atoms with van der Waals surface area (Å²) in [6.07, 6.45) is 3.23. The van der Waals surface area contributed by atoms with Crippen LogP contribution >= 0.6 is 0 Å². The van der Waals surface area contributed by atoms with Gasteiger partial charge in [0.25, 0.3) is 0 Å². The molecule has 39 heavy (non-hydrogen) atoms. The van der Waals surface area contributed by atoms with Crippen LogP contribution < -0.4 is 0 Å². The highest BCUT2D eigenvalue weighted by molar-refractivity contribution is 6.06. The lowest BCUT2D eigenvalue weighted by Gasteiger charge is -2.16. The SMILES string of the molecule is CCOC(=O)CC(O)CC(O)C=Cc1c(C2CC2)nc2c(c(-c3ccccc3)nn2C)c1-c1ccc(F)cc1. The Kier molecular flexibility index (Phi) is 7.86. The predicted molar refractivity (Wildman–Crippen MR) is 148 cm³/mol. The first-order valence-electron chi connectivity index (χ1n) is 13.3. The first-order valence-corrected chi connectivity index (χ1v) is 13.3. The largest absolute Gasteiger partial charge is 0.466 e. The third kappa shape index (κ3) is 5.92. The van der Waals surface area contributed by atoms with E-state index in [1.807, 2.05) is 43.5 Å². The van der Waals surface area contributed by atoms with Crippen molar-refractivity contribution in [3.05, 3.63) is 77.7 Å². The molecule has 0 aliphatic heterocycles. The molecule has 2 aromatic carbocycles. The van der Waals surface area contributed by atoms with Crippen molar-refractivity contribution >= 4 is 23.1 Å². The number of pyridine rings is 1. The number of hydrogen-bond donors (Lipinski definition) is 2. The molecular weight excluding hydrogens is 497 g/mol. The highest BCUT2D eigenvalue weighted by atomic mass is 19.1. The Morgan fingerprint density at radius 1 is 1.13 bits per heavy atom. The Balaban J connectivity index is 1.64. The number of halogens is 1. The van der Waals surface area contributed by atoms with Crippen molar-refractivity contribution in [3.8, 4) is 22.4 Å². The van der Waals surface area contributed by atoms with Crippen LogP contribution in [-0.4, -0.2) is 49.8 Å². The standard InChI is InChI=1S/C31H32FN3O4/c1-3-39-26(38)18-24(37)17-23(36)15-16-25-27(19-11-13-22(32)14-12-19)28-30(20-7-5-4-6-8-20)34-35(2)31(28)33-29(25)21-9-10-21/h4-8,11-16,21,23-24,36-37H,3,9-10,17-18H2,1-2H3. The molecule has 0 amide bonds. The van der Waals surface area contributed by atoms with Crippen LogP contribution in [0.15, 0.2) is 60.7 Å². The van der Waals surface area contributed by atoms with E-state index in [1.165, 1.54) is 12.1 Å². The average Bonchev–Trinajstić information content (AvgIpc) is 3.71. The molecule has 2 aromatic heterocycles. The molecule has 2 heterocycles. The Bertz CT molecular complexity index is 1490. The number of benzene rings is 2. The molecule has 2 N–H and O–H groups in total. The number of aliphatic hydroxyl groups excluding tert-OH is 2. The van der Waals surface area contributed by atoms with Gasteiger partial charge in [0.1, 0.15) is 11.5 Å². The molecule has 2 unspecified atom stereocenters. The highest BCUT2D eigenvalue weighted by Gasteiger charge is 2.31. The minimum atomic E-state index is -1.04. The molecule has 5 rings (SSSR count). The summed E-state index contributed by atoms with van der Waals surface area (Å²) in [7, 11) is 1.87. The predicted octanol–water partition coefficient (Wildman–Crippen LogP) is 5.40. The van der Waals surface area contributed by atoms with Crippen LogP contribution in [0.25, 0.3) is 39.5 Å². The molecule has 4 aromatic rings. The molecule has 1 saturated carbocycles. The summed E-state index contributed by atoms with van der Waals surface area (Å²) < 4.78 is 20.6. The molecule has 1 aliphatic carbocycles. The summed E-state index contributed by atoms with van der Waals surface area (Å²) in [5, 5.41) is 26.7. The number of nitrogens with zero attached hydrogens (tertiary/aromatic N) is 3. The zero-order valence-corrected chi connectivity index (χ0v) is 22.0. The highest BCUT2D eigenvalue weighted by Crippen LogP contribution is 2.47. The maximum Gasteiger partial charge on any atom is 0.308 e. The maximum absolute atomic E-state index is 14.0. The van der Waals surface area contributed by atoms with Crippen LogP contribution in [0, 0.1) is 5.82 Å². The molecule has 202 valence electrons. The monoisotopic (exact) mass is 529 g/mol. The first-order chi connectivity index (χ1) is 18.9. The second kappa shape index (κ2) is 11.5. The Morgan fingerprint density at radius 3 is 2.51 bits per heavy atom. The minimum Gasteiger partial charge on any atom is -0.466 e. The Morgan fingerprint density at radius 2 is 1.85 bits per heavy atom. The van der Waals surface area contributed by atoms with E-state index >= 15 is 0 Å². The van der Waals surface area contributed by atoms with Gasteiger partial charge in [-0.25, -0.2) is 14.1 Å². The molecule has 0 saturated heterocycles. The van der Waals surface area contributed by atoms with Gasteiger partial charge >= 0.3 is 5.97 Å². The van der Waals surface area contributed by atoms with E-state index < -0.39 is 18.2 Å². The third-order valence-electron chi connectivity index (χ3n) is 6.89. The molecule has 1 fully saturated rings. The van der Waals surface area contributed by atoms with Crippen LogP contribution in [0.1, 0.15) is 49.8 Å². The van der Waals surface area contributed by atoms with Crippen LogP contribution in [0.4, 0.5) is 4.39 Å². The van der Waals surface area contributed by atoms with E-state index in [-0.39, 0.29) is 31.2 Å². The number of carbonyl (C=O) groups is 1. The minimum absolute atomic E-state index is 0.0161. The van der Waals surface area contributed by atoms with Crippen LogP contribution in [-0.2, 0) is 16.6 Å². The molecule has 7 nitrogen and oxygen atoms in total. The number of fused-ring (bicyclic) bond motifs is 1. The number of aryl methyl sites for hydroxylation is 1. The van der Waals surface area contributed by atoms with Crippen LogP contribution in [0.2, 0.25) is 0 Å². The van der Waals surface area contributed by atoms with Gasteiger partial charge < -0.3 is 14.9 Å². The fourth-order valence-electron chi connectivity index (χ4n) is 4.92. The summed E-state index contributed by atoms with van der Waals surface area (Å²) >= 11 is 0. The fourth-order valence-corrected chi connectivity index (χ4v) is 4.92. The Labute approximate surface area is 226 Å². The number of esters is 1. The van der Waals surface area contributed by atoms with Gasteiger partial charge in [-0.15, -0.1) is 0 Å². The molecule has 2 atom stereocenters. The molecular formula is C31H32FN3O4.